The van der Waals surface area contributed by atoms with E-state index in [0.717, 1.165) is 30.6 Å². The maximum absolute atomic E-state index is 13.9. The van der Waals surface area contributed by atoms with Gasteiger partial charge in [0.1, 0.15) is 5.82 Å². The van der Waals surface area contributed by atoms with E-state index in [2.05, 4.69) is 5.32 Å². The zero-order chi connectivity index (χ0) is 13.2. The van der Waals surface area contributed by atoms with E-state index in [1.165, 1.54) is 0 Å². The van der Waals surface area contributed by atoms with Crippen LogP contribution in [0.5, 0.6) is 0 Å². The Morgan fingerprint density at radius 1 is 1.21 bits per heavy atom. The van der Waals surface area contributed by atoms with Gasteiger partial charge in [-0.3, -0.25) is 0 Å². The van der Waals surface area contributed by atoms with Crippen molar-refractivity contribution in [2.24, 2.45) is 5.92 Å². The standard InChI is InChI=1S/C16H18FNO/c1-18-16(11-8-9-19-10-11)14-6-7-15(17)13-5-3-2-4-12(13)14/h2-7,11,16,18H,8-10H2,1H3. The van der Waals surface area contributed by atoms with Gasteiger partial charge in [-0.2, -0.15) is 0 Å². The van der Waals surface area contributed by atoms with Crippen LogP contribution in [0.2, 0.25) is 0 Å². The van der Waals surface area contributed by atoms with Gasteiger partial charge in [0.15, 0.2) is 0 Å². The number of hydrogen-bond donors (Lipinski definition) is 1. The second kappa shape index (κ2) is 5.27. The fourth-order valence-corrected chi connectivity index (χ4v) is 3.02. The van der Waals surface area contributed by atoms with E-state index in [0.29, 0.717) is 11.3 Å². The van der Waals surface area contributed by atoms with Gasteiger partial charge in [0.05, 0.1) is 6.61 Å². The predicted octanol–water partition coefficient (Wildman–Crippen LogP) is 3.28. The highest BCUT2D eigenvalue weighted by Gasteiger charge is 2.27. The molecule has 3 rings (SSSR count). The fourth-order valence-electron chi connectivity index (χ4n) is 3.02. The Morgan fingerprint density at radius 2 is 2.00 bits per heavy atom. The molecule has 2 atom stereocenters. The van der Waals surface area contributed by atoms with Gasteiger partial charge < -0.3 is 10.1 Å². The average Bonchev–Trinajstić information content (AvgIpc) is 2.96. The second-order valence-corrected chi connectivity index (χ2v) is 5.07. The summed E-state index contributed by atoms with van der Waals surface area (Å²) in [5.41, 5.74) is 1.16. The quantitative estimate of drug-likeness (QED) is 0.913. The van der Waals surface area contributed by atoms with Crippen LogP contribution in [0.3, 0.4) is 0 Å². The first-order valence-electron chi connectivity index (χ1n) is 6.73. The Bertz CT molecular complexity index is 578. The topological polar surface area (TPSA) is 21.3 Å². The minimum absolute atomic E-state index is 0.156. The fraction of sp³-hybridized carbons (Fsp3) is 0.375. The summed E-state index contributed by atoms with van der Waals surface area (Å²) in [4.78, 5) is 0. The lowest BCUT2D eigenvalue weighted by molar-refractivity contribution is 0.178. The van der Waals surface area contributed by atoms with Gasteiger partial charge in [0.25, 0.3) is 0 Å². The summed E-state index contributed by atoms with van der Waals surface area (Å²) in [6.45, 7) is 1.60. The molecule has 3 heteroatoms. The summed E-state index contributed by atoms with van der Waals surface area (Å²) in [7, 11) is 1.96. The van der Waals surface area contributed by atoms with Crippen molar-refractivity contribution in [3.63, 3.8) is 0 Å². The maximum atomic E-state index is 13.9. The number of halogens is 1. The largest absolute Gasteiger partial charge is 0.381 e. The molecular weight excluding hydrogens is 241 g/mol. The van der Waals surface area contributed by atoms with E-state index >= 15 is 0 Å². The van der Waals surface area contributed by atoms with Crippen LogP contribution in [-0.2, 0) is 4.74 Å². The molecule has 0 spiro atoms. The lowest BCUT2D eigenvalue weighted by atomic mass is 9.89. The van der Waals surface area contributed by atoms with Crippen LogP contribution in [0.4, 0.5) is 4.39 Å². The first-order valence-corrected chi connectivity index (χ1v) is 6.73. The van der Waals surface area contributed by atoms with Crippen molar-refractivity contribution in [2.75, 3.05) is 20.3 Å². The molecule has 1 aliphatic rings. The number of ether oxygens (including phenoxy) is 1. The molecule has 0 saturated carbocycles. The number of fused-ring (bicyclic) bond motifs is 1. The molecule has 2 aromatic rings. The van der Waals surface area contributed by atoms with Gasteiger partial charge in [-0.25, -0.2) is 4.39 Å². The van der Waals surface area contributed by atoms with Gasteiger partial charge in [-0.1, -0.05) is 30.3 Å². The van der Waals surface area contributed by atoms with Crippen LogP contribution in [0.25, 0.3) is 10.8 Å². The van der Waals surface area contributed by atoms with E-state index in [-0.39, 0.29) is 11.9 Å². The molecule has 1 saturated heterocycles. The molecule has 0 aliphatic carbocycles. The molecule has 100 valence electrons. The van der Waals surface area contributed by atoms with Crippen LogP contribution < -0.4 is 5.32 Å². The van der Waals surface area contributed by atoms with Crippen molar-refractivity contribution in [3.05, 3.63) is 47.8 Å². The summed E-state index contributed by atoms with van der Waals surface area (Å²) < 4.78 is 19.3. The third kappa shape index (κ3) is 2.24. The molecule has 0 bridgehead atoms. The number of rotatable bonds is 3. The second-order valence-electron chi connectivity index (χ2n) is 5.07. The molecule has 0 aromatic heterocycles. The van der Waals surface area contributed by atoms with Crippen molar-refractivity contribution in [1.29, 1.82) is 0 Å². The molecule has 0 amide bonds. The Hall–Kier alpha value is -1.45. The summed E-state index contributed by atoms with van der Waals surface area (Å²) in [6.07, 6.45) is 1.05. The zero-order valence-corrected chi connectivity index (χ0v) is 11.0. The molecule has 1 heterocycles. The molecule has 1 aliphatic heterocycles. The van der Waals surface area contributed by atoms with Gasteiger partial charge in [0, 0.05) is 24.0 Å². The van der Waals surface area contributed by atoms with Crippen molar-refractivity contribution in [3.8, 4) is 0 Å². The maximum Gasteiger partial charge on any atom is 0.131 e. The van der Waals surface area contributed by atoms with E-state index < -0.39 is 0 Å². The number of benzene rings is 2. The molecule has 2 nitrogen and oxygen atoms in total. The minimum Gasteiger partial charge on any atom is -0.381 e. The van der Waals surface area contributed by atoms with Gasteiger partial charge >= 0.3 is 0 Å². The van der Waals surface area contributed by atoms with Crippen LogP contribution in [0.15, 0.2) is 36.4 Å². The van der Waals surface area contributed by atoms with Crippen LogP contribution >= 0.6 is 0 Å². The molecule has 19 heavy (non-hydrogen) atoms. The summed E-state index contributed by atoms with van der Waals surface area (Å²) in [5.74, 6) is 0.302. The lowest BCUT2D eigenvalue weighted by Gasteiger charge is -2.24. The smallest absolute Gasteiger partial charge is 0.131 e. The zero-order valence-electron chi connectivity index (χ0n) is 11.0. The first kappa shape index (κ1) is 12.6. The molecule has 1 fully saturated rings. The van der Waals surface area contributed by atoms with Crippen molar-refractivity contribution >= 4 is 10.8 Å². The highest BCUT2D eigenvalue weighted by atomic mass is 19.1. The van der Waals surface area contributed by atoms with Crippen LogP contribution in [0, 0.1) is 11.7 Å². The molecular formula is C16H18FNO. The first-order chi connectivity index (χ1) is 9.31. The van der Waals surface area contributed by atoms with E-state index in [9.17, 15) is 4.39 Å². The summed E-state index contributed by atoms with van der Waals surface area (Å²) >= 11 is 0. The summed E-state index contributed by atoms with van der Waals surface area (Å²) in [5, 5.41) is 5.06. The minimum atomic E-state index is -0.156. The highest BCUT2D eigenvalue weighted by Crippen LogP contribution is 2.33. The van der Waals surface area contributed by atoms with Gasteiger partial charge in [-0.15, -0.1) is 0 Å². The average molecular weight is 259 g/mol. The van der Waals surface area contributed by atoms with E-state index in [1.54, 1.807) is 6.07 Å². The Morgan fingerprint density at radius 3 is 2.68 bits per heavy atom. The third-order valence-corrected chi connectivity index (χ3v) is 3.99. The normalized spacial score (nSPS) is 20.8. The third-order valence-electron chi connectivity index (χ3n) is 3.99. The molecule has 1 N–H and O–H groups in total. The summed E-state index contributed by atoms with van der Waals surface area (Å²) in [6, 6.07) is 11.4. The predicted molar refractivity (Wildman–Crippen MR) is 74.6 cm³/mol. The van der Waals surface area contributed by atoms with Crippen LogP contribution in [-0.4, -0.2) is 20.3 Å². The Labute approximate surface area is 112 Å². The van der Waals surface area contributed by atoms with Crippen LogP contribution in [0.1, 0.15) is 18.0 Å². The van der Waals surface area contributed by atoms with E-state index in [4.69, 9.17) is 4.74 Å². The van der Waals surface area contributed by atoms with Crippen molar-refractivity contribution < 1.29 is 9.13 Å². The monoisotopic (exact) mass is 259 g/mol. The van der Waals surface area contributed by atoms with Gasteiger partial charge in [-0.05, 0) is 30.5 Å². The van der Waals surface area contributed by atoms with E-state index in [1.807, 2.05) is 37.4 Å². The van der Waals surface area contributed by atoms with Crippen molar-refractivity contribution in [1.82, 2.24) is 5.32 Å². The highest BCUT2D eigenvalue weighted by molar-refractivity contribution is 5.86. The number of hydrogen-bond acceptors (Lipinski definition) is 2. The van der Waals surface area contributed by atoms with Crippen molar-refractivity contribution in [2.45, 2.75) is 12.5 Å². The molecule has 2 unspecified atom stereocenters. The van der Waals surface area contributed by atoms with Gasteiger partial charge in [0.2, 0.25) is 0 Å². The Balaban J connectivity index is 2.10. The lowest BCUT2D eigenvalue weighted by Crippen LogP contribution is -2.25. The molecule has 0 radical (unpaired) electrons. The molecule has 2 aromatic carbocycles. The number of nitrogens with one attached hydrogen (secondary N) is 1. The SMILES string of the molecule is CNC(c1ccc(F)c2ccccc12)C1CCOC1. The Kier molecular flexibility index (Phi) is 3.49.